The Bertz CT molecular complexity index is 2030. The minimum Gasteiger partial charge on any atom is -0.462 e. The van der Waals surface area contributed by atoms with Crippen LogP contribution < -0.4 is 0 Å². The summed E-state index contributed by atoms with van der Waals surface area (Å²) < 4.78 is 68.9. The van der Waals surface area contributed by atoms with Crippen molar-refractivity contribution in [3.63, 3.8) is 0 Å². The summed E-state index contributed by atoms with van der Waals surface area (Å²) in [5, 5.41) is 10.7. The van der Waals surface area contributed by atoms with Gasteiger partial charge in [0.25, 0.3) is 0 Å². The average molecular weight is 1520 g/mol. The topological polar surface area (TPSA) is 237 Å². The largest absolute Gasteiger partial charge is 0.472 e. The molecule has 4 unspecified atom stereocenters. The molecule has 0 aromatic rings. The quantitative estimate of drug-likeness (QED) is 0.0222. The monoisotopic (exact) mass is 1520 g/mol. The first kappa shape index (κ1) is 102. The highest BCUT2D eigenvalue weighted by Gasteiger charge is 2.30. The highest BCUT2D eigenvalue weighted by atomic mass is 31.2. The van der Waals surface area contributed by atoms with Crippen LogP contribution >= 0.6 is 15.6 Å². The second-order valence-electron chi connectivity index (χ2n) is 32.0. The van der Waals surface area contributed by atoms with Gasteiger partial charge in [-0.05, 0) is 49.4 Å². The molecule has 0 aromatic carbocycles. The van der Waals surface area contributed by atoms with Crippen LogP contribution in [-0.2, 0) is 65.4 Å². The Kier molecular flexibility index (Phi) is 72.5. The third-order valence-corrected chi connectivity index (χ3v) is 22.4. The predicted octanol–water partition coefficient (Wildman–Crippen LogP) is 25.6. The van der Waals surface area contributed by atoms with E-state index in [2.05, 4.69) is 55.4 Å². The van der Waals surface area contributed by atoms with Gasteiger partial charge < -0.3 is 33.8 Å². The number of esters is 4. The molecule has 0 saturated heterocycles. The summed E-state index contributed by atoms with van der Waals surface area (Å²) in [4.78, 5) is 73.2. The molecule has 17 nitrogen and oxygen atoms in total. The number of carbonyl (C=O) groups is 4. The molecule has 0 saturated carbocycles. The SMILES string of the molecule is CCC(C)CCCCCCCCCCCCCCCCC(=O)O[C@H](COC(=O)CCCCCCCCCCCCCCCCCCC(C)C)COP(=O)(O)OC[C@@H](O)COP(=O)(O)OC[C@@H](COC(=O)CCCCCCCCC(C)CC)OC(=O)CCCCCCCCCCCCCCCCC(C)C. The average Bonchev–Trinajstić information content (AvgIpc) is 0.913. The number of phosphoric ester groups is 2. The van der Waals surface area contributed by atoms with E-state index in [1.807, 2.05) is 0 Å². The molecule has 618 valence electrons. The van der Waals surface area contributed by atoms with Gasteiger partial charge in [0, 0.05) is 25.7 Å². The van der Waals surface area contributed by atoms with Crippen LogP contribution in [0.25, 0.3) is 0 Å². The fourth-order valence-corrected chi connectivity index (χ4v) is 14.7. The Morgan fingerprint density at radius 3 is 0.683 bits per heavy atom. The molecule has 3 N–H and O–H groups in total. The summed E-state index contributed by atoms with van der Waals surface area (Å²) in [5.74, 6) is 1.07. The number of hydrogen-bond acceptors (Lipinski definition) is 15. The zero-order valence-electron chi connectivity index (χ0n) is 68.7. The number of aliphatic hydroxyl groups excluding tert-OH is 1. The third-order valence-electron chi connectivity index (χ3n) is 20.5. The fraction of sp³-hybridized carbons (Fsp3) is 0.953. The first-order chi connectivity index (χ1) is 50.2. The minimum absolute atomic E-state index is 0.106. The standard InChI is InChI=1S/C85H166O17P2/c1-9-77(7)63-55-47-39-33-27-21-16-18-24-30-36-42-52-60-67-84(89)101-80(71-95-82(87)65-57-49-40-34-28-22-14-12-11-13-19-25-31-37-45-53-61-75(3)4)73-99-103(91,92)97-69-79(86)70-98-104(93,94)100-74-81(72-96-83(88)66-58-50-44-43-48-56-64-78(8)10-2)102-85(90)68-59-51-41-35-29-23-17-15-20-26-32-38-46-54-62-76(5)6/h75-81,86H,9-74H2,1-8H3,(H,91,92)(H,93,94)/t77?,78?,79-,80-,81-/m1/s1. The van der Waals surface area contributed by atoms with Gasteiger partial charge in [-0.3, -0.25) is 37.3 Å². The lowest BCUT2D eigenvalue weighted by Crippen LogP contribution is -2.30. The van der Waals surface area contributed by atoms with Crippen LogP contribution in [-0.4, -0.2) is 96.7 Å². The maximum absolute atomic E-state index is 13.1. The minimum atomic E-state index is -4.97. The molecule has 0 fully saturated rings. The van der Waals surface area contributed by atoms with Gasteiger partial charge in [0.2, 0.25) is 0 Å². The van der Waals surface area contributed by atoms with Gasteiger partial charge in [0.15, 0.2) is 12.2 Å². The Labute approximate surface area is 638 Å². The molecular formula is C85H166O17P2. The Hall–Kier alpha value is -1.94. The molecule has 0 radical (unpaired) electrons. The molecule has 0 rings (SSSR count). The number of rotatable bonds is 82. The highest BCUT2D eigenvalue weighted by Crippen LogP contribution is 2.45. The zero-order valence-corrected chi connectivity index (χ0v) is 70.5. The molecule has 0 aliphatic carbocycles. The number of phosphoric acid groups is 2. The third kappa shape index (κ3) is 75.5. The summed E-state index contributed by atoms with van der Waals surface area (Å²) >= 11 is 0. The van der Waals surface area contributed by atoms with Gasteiger partial charge in [-0.1, -0.05) is 389 Å². The van der Waals surface area contributed by atoms with Gasteiger partial charge >= 0.3 is 39.5 Å². The first-order valence-electron chi connectivity index (χ1n) is 43.8. The van der Waals surface area contributed by atoms with Gasteiger partial charge in [0.05, 0.1) is 26.4 Å². The number of carbonyl (C=O) groups excluding carboxylic acids is 4. The van der Waals surface area contributed by atoms with Crippen molar-refractivity contribution in [1.29, 1.82) is 0 Å². The van der Waals surface area contributed by atoms with Gasteiger partial charge in [-0.25, -0.2) is 9.13 Å². The lowest BCUT2D eigenvalue weighted by Gasteiger charge is -2.21. The van der Waals surface area contributed by atoms with Crippen LogP contribution in [0.5, 0.6) is 0 Å². The second-order valence-corrected chi connectivity index (χ2v) is 34.9. The van der Waals surface area contributed by atoms with Gasteiger partial charge in [-0.2, -0.15) is 0 Å². The van der Waals surface area contributed by atoms with E-state index in [0.717, 1.165) is 120 Å². The van der Waals surface area contributed by atoms with E-state index in [1.165, 1.54) is 238 Å². The van der Waals surface area contributed by atoms with Crippen LogP contribution in [0.15, 0.2) is 0 Å². The molecule has 19 heteroatoms. The maximum Gasteiger partial charge on any atom is 0.472 e. The molecular weight excluding hydrogens is 1350 g/mol. The predicted molar refractivity (Wildman–Crippen MR) is 428 cm³/mol. The molecule has 0 aliphatic heterocycles. The lowest BCUT2D eigenvalue weighted by molar-refractivity contribution is -0.161. The maximum atomic E-state index is 13.1. The van der Waals surface area contributed by atoms with E-state index in [-0.39, 0.29) is 25.7 Å². The molecule has 7 atom stereocenters. The lowest BCUT2D eigenvalue weighted by atomic mass is 9.99. The van der Waals surface area contributed by atoms with Crippen LogP contribution in [0.2, 0.25) is 0 Å². The van der Waals surface area contributed by atoms with Crippen molar-refractivity contribution < 1.29 is 80.2 Å². The highest BCUT2D eigenvalue weighted by molar-refractivity contribution is 7.47. The van der Waals surface area contributed by atoms with Crippen molar-refractivity contribution in [2.24, 2.45) is 23.7 Å². The molecule has 104 heavy (non-hydrogen) atoms. The van der Waals surface area contributed by atoms with Crippen molar-refractivity contribution >= 4 is 39.5 Å². The van der Waals surface area contributed by atoms with Gasteiger partial charge in [0.1, 0.15) is 19.3 Å². The van der Waals surface area contributed by atoms with Crippen molar-refractivity contribution in [1.82, 2.24) is 0 Å². The van der Waals surface area contributed by atoms with Crippen LogP contribution in [0.1, 0.15) is 441 Å². The number of ether oxygens (including phenoxy) is 4. The zero-order chi connectivity index (χ0) is 76.7. The first-order valence-corrected chi connectivity index (χ1v) is 46.8. The van der Waals surface area contributed by atoms with Gasteiger partial charge in [-0.15, -0.1) is 0 Å². The summed E-state index contributed by atoms with van der Waals surface area (Å²) in [5.41, 5.74) is 0. The van der Waals surface area contributed by atoms with E-state index < -0.39 is 97.5 Å². The summed E-state index contributed by atoms with van der Waals surface area (Å²) in [6, 6.07) is 0. The number of aliphatic hydroxyl groups is 1. The fourth-order valence-electron chi connectivity index (χ4n) is 13.1. The Balaban J connectivity index is 5.24. The van der Waals surface area contributed by atoms with Crippen LogP contribution in [0, 0.1) is 23.7 Å². The summed E-state index contributed by atoms with van der Waals surface area (Å²) in [7, 11) is -9.93. The molecule has 0 amide bonds. The molecule has 0 spiro atoms. The Morgan fingerprint density at radius 2 is 0.462 bits per heavy atom. The van der Waals surface area contributed by atoms with Crippen LogP contribution in [0.3, 0.4) is 0 Å². The van der Waals surface area contributed by atoms with E-state index in [4.69, 9.17) is 37.0 Å². The van der Waals surface area contributed by atoms with E-state index in [9.17, 15) is 43.2 Å². The number of unbranched alkanes of at least 4 members (excludes halogenated alkanes) is 46. The van der Waals surface area contributed by atoms with E-state index in [1.54, 1.807) is 0 Å². The van der Waals surface area contributed by atoms with Crippen molar-refractivity contribution in [2.45, 2.75) is 459 Å². The van der Waals surface area contributed by atoms with Crippen molar-refractivity contribution in [2.75, 3.05) is 39.6 Å². The smallest absolute Gasteiger partial charge is 0.462 e. The number of hydrogen-bond donors (Lipinski definition) is 3. The van der Waals surface area contributed by atoms with Crippen molar-refractivity contribution in [3.8, 4) is 0 Å². The second kappa shape index (κ2) is 73.8. The Morgan fingerprint density at radius 1 is 0.269 bits per heavy atom. The summed E-state index contributed by atoms with van der Waals surface area (Å²) in [6.07, 6.45) is 62.4. The van der Waals surface area contributed by atoms with E-state index >= 15 is 0 Å². The molecule has 0 heterocycles. The molecule has 0 aliphatic rings. The molecule has 0 bridgehead atoms. The van der Waals surface area contributed by atoms with Crippen molar-refractivity contribution in [3.05, 3.63) is 0 Å². The summed E-state index contributed by atoms with van der Waals surface area (Å²) in [6.45, 7) is 14.3. The van der Waals surface area contributed by atoms with E-state index in [0.29, 0.717) is 25.7 Å². The molecule has 0 aromatic heterocycles. The normalized spacial score (nSPS) is 14.5. The van der Waals surface area contributed by atoms with Crippen LogP contribution in [0.4, 0.5) is 0 Å².